The maximum Gasteiger partial charge on any atom is 0.329 e. The molecule has 6 nitrogen and oxygen atoms in total. The van der Waals surface area contributed by atoms with Crippen LogP contribution in [0.4, 0.5) is 0 Å². The molecule has 0 saturated heterocycles. The molecule has 1 aromatic rings. The van der Waals surface area contributed by atoms with E-state index in [9.17, 15) is 19.8 Å². The van der Waals surface area contributed by atoms with Crippen LogP contribution in [0.25, 0.3) is 0 Å². The number of nitrogens with one attached hydrogen (secondary N) is 1. The maximum atomic E-state index is 12.1. The number of hydrogen-bond donors (Lipinski definition) is 3. The highest BCUT2D eigenvalue weighted by Crippen LogP contribution is 2.23. The minimum atomic E-state index is -1.47. The van der Waals surface area contributed by atoms with Gasteiger partial charge in [-0.1, -0.05) is 12.1 Å². The van der Waals surface area contributed by atoms with Gasteiger partial charge in [0.15, 0.2) is 6.04 Å². The molecule has 122 valence electrons. The van der Waals surface area contributed by atoms with Crippen molar-refractivity contribution in [1.82, 2.24) is 5.32 Å². The molecule has 1 rings (SSSR count). The first-order valence-corrected chi connectivity index (χ1v) is 7.18. The molecule has 0 aliphatic carbocycles. The van der Waals surface area contributed by atoms with Crippen LogP contribution >= 0.6 is 11.6 Å². The van der Waals surface area contributed by atoms with Crippen molar-refractivity contribution in [2.24, 2.45) is 5.41 Å². The van der Waals surface area contributed by atoms with Crippen LogP contribution in [0, 0.1) is 5.41 Å². The van der Waals surface area contributed by atoms with E-state index in [1.165, 1.54) is 19.2 Å². The van der Waals surface area contributed by atoms with E-state index in [2.05, 4.69) is 5.32 Å². The lowest BCUT2D eigenvalue weighted by Gasteiger charge is -2.26. The molecule has 1 amide bonds. The fraction of sp³-hybridized carbons (Fsp3) is 0.467. The zero-order valence-corrected chi connectivity index (χ0v) is 13.4. The Morgan fingerprint density at radius 3 is 2.27 bits per heavy atom. The summed E-state index contributed by atoms with van der Waals surface area (Å²) in [6, 6.07) is 4.81. The Morgan fingerprint density at radius 2 is 1.86 bits per heavy atom. The van der Waals surface area contributed by atoms with Gasteiger partial charge in [0, 0.05) is 5.88 Å². The summed E-state index contributed by atoms with van der Waals surface area (Å²) in [4.78, 5) is 23.4. The number of rotatable bonds is 7. The number of carbonyl (C=O) groups is 2. The molecular weight excluding hydrogens is 310 g/mol. The standard InChI is InChI=1S/C15H20ClNO5/c1-15(2,8-16)14(21)17-11(13(19)20)12(18)9-4-6-10(22-3)7-5-9/h4-7,11-12,18H,8H2,1-3H3,(H,17,21)(H,19,20). The Kier molecular flexibility index (Phi) is 6.20. The van der Waals surface area contributed by atoms with Crippen LogP contribution in [-0.2, 0) is 9.59 Å². The van der Waals surface area contributed by atoms with E-state index in [1.54, 1.807) is 26.0 Å². The third-order valence-corrected chi connectivity index (χ3v) is 3.94. The second-order valence-corrected chi connectivity index (χ2v) is 5.79. The van der Waals surface area contributed by atoms with Gasteiger partial charge >= 0.3 is 5.97 Å². The van der Waals surface area contributed by atoms with E-state index in [0.717, 1.165) is 0 Å². The number of benzene rings is 1. The van der Waals surface area contributed by atoms with Gasteiger partial charge in [-0.25, -0.2) is 4.79 Å². The highest BCUT2D eigenvalue weighted by Gasteiger charge is 2.34. The number of carboxylic acid groups (broad SMARTS) is 1. The number of halogens is 1. The molecule has 2 unspecified atom stereocenters. The van der Waals surface area contributed by atoms with Crippen LogP contribution in [-0.4, -0.2) is 41.1 Å². The molecule has 0 fully saturated rings. The number of aliphatic carboxylic acids is 1. The molecule has 0 aliphatic rings. The fourth-order valence-electron chi connectivity index (χ4n) is 1.67. The summed E-state index contributed by atoms with van der Waals surface area (Å²) in [7, 11) is 1.50. The monoisotopic (exact) mass is 329 g/mol. The van der Waals surface area contributed by atoms with Crippen LogP contribution in [0.1, 0.15) is 25.5 Å². The molecule has 22 heavy (non-hydrogen) atoms. The zero-order chi connectivity index (χ0) is 16.9. The maximum absolute atomic E-state index is 12.1. The first-order valence-electron chi connectivity index (χ1n) is 6.64. The van der Waals surface area contributed by atoms with Crippen molar-refractivity contribution in [1.29, 1.82) is 0 Å². The number of ether oxygens (including phenoxy) is 1. The van der Waals surface area contributed by atoms with Crippen molar-refractivity contribution in [2.45, 2.75) is 26.0 Å². The van der Waals surface area contributed by atoms with Crippen molar-refractivity contribution in [3.05, 3.63) is 29.8 Å². The van der Waals surface area contributed by atoms with E-state index >= 15 is 0 Å². The summed E-state index contributed by atoms with van der Waals surface area (Å²) in [6.07, 6.45) is -1.39. The third-order valence-electron chi connectivity index (χ3n) is 3.27. The zero-order valence-electron chi connectivity index (χ0n) is 12.7. The summed E-state index contributed by atoms with van der Waals surface area (Å²) in [6.45, 7) is 3.18. The van der Waals surface area contributed by atoms with Gasteiger partial charge in [-0.3, -0.25) is 4.79 Å². The van der Waals surface area contributed by atoms with Gasteiger partial charge in [0.25, 0.3) is 0 Å². The van der Waals surface area contributed by atoms with Crippen molar-refractivity contribution in [3.63, 3.8) is 0 Å². The normalized spacial score (nSPS) is 14.0. The number of carbonyl (C=O) groups excluding carboxylic acids is 1. The number of amides is 1. The molecule has 3 N–H and O–H groups in total. The number of alkyl halides is 1. The predicted molar refractivity (Wildman–Crippen MR) is 82.0 cm³/mol. The van der Waals surface area contributed by atoms with Gasteiger partial charge in [0.2, 0.25) is 5.91 Å². The van der Waals surface area contributed by atoms with Gasteiger partial charge in [-0.15, -0.1) is 11.6 Å². The molecule has 0 bridgehead atoms. The van der Waals surface area contributed by atoms with E-state index < -0.39 is 29.4 Å². The van der Waals surface area contributed by atoms with E-state index in [1.807, 2.05) is 0 Å². The van der Waals surface area contributed by atoms with Crippen LogP contribution in [0.5, 0.6) is 5.75 Å². The molecule has 0 aromatic heterocycles. The van der Waals surface area contributed by atoms with Crippen molar-refractivity contribution < 1.29 is 24.5 Å². The van der Waals surface area contributed by atoms with Gasteiger partial charge in [0.1, 0.15) is 11.9 Å². The molecule has 0 aliphatic heterocycles. The molecule has 2 atom stereocenters. The van der Waals surface area contributed by atoms with Crippen LogP contribution in [0.15, 0.2) is 24.3 Å². The van der Waals surface area contributed by atoms with E-state index in [4.69, 9.17) is 16.3 Å². The van der Waals surface area contributed by atoms with E-state index in [0.29, 0.717) is 11.3 Å². The molecule has 0 heterocycles. The lowest BCUT2D eigenvalue weighted by molar-refractivity contribution is -0.146. The molecular formula is C15H20ClNO5. The lowest BCUT2D eigenvalue weighted by atomic mass is 9.93. The average molecular weight is 330 g/mol. The minimum absolute atomic E-state index is 0.0316. The Morgan fingerprint density at radius 1 is 1.32 bits per heavy atom. The summed E-state index contributed by atoms with van der Waals surface area (Å²) in [5.41, 5.74) is -0.577. The fourth-order valence-corrected chi connectivity index (χ4v) is 1.79. The second kappa shape index (κ2) is 7.47. The van der Waals surface area contributed by atoms with Crippen LogP contribution in [0.3, 0.4) is 0 Å². The van der Waals surface area contributed by atoms with Gasteiger partial charge in [0.05, 0.1) is 12.5 Å². The van der Waals surface area contributed by atoms with E-state index in [-0.39, 0.29) is 5.88 Å². The second-order valence-electron chi connectivity index (χ2n) is 5.52. The summed E-state index contributed by atoms with van der Waals surface area (Å²) < 4.78 is 5.00. The number of hydrogen-bond acceptors (Lipinski definition) is 4. The van der Waals surface area contributed by atoms with Gasteiger partial charge in [-0.05, 0) is 31.5 Å². The summed E-state index contributed by atoms with van der Waals surface area (Å²) >= 11 is 5.70. The number of carboxylic acids is 1. The smallest absolute Gasteiger partial charge is 0.329 e. The molecule has 0 saturated carbocycles. The first-order chi connectivity index (χ1) is 10.2. The predicted octanol–water partition coefficient (Wildman–Crippen LogP) is 1.56. The number of methoxy groups -OCH3 is 1. The van der Waals surface area contributed by atoms with Crippen molar-refractivity contribution in [2.75, 3.05) is 13.0 Å². The Labute approximate surface area is 134 Å². The average Bonchev–Trinajstić information content (AvgIpc) is 2.51. The molecule has 0 radical (unpaired) electrons. The number of aliphatic hydroxyl groups is 1. The minimum Gasteiger partial charge on any atom is -0.497 e. The quantitative estimate of drug-likeness (QED) is 0.660. The number of aliphatic hydroxyl groups excluding tert-OH is 1. The Bertz CT molecular complexity index is 529. The SMILES string of the molecule is COc1ccc(C(O)C(NC(=O)C(C)(C)CCl)C(=O)O)cc1. The summed E-state index contributed by atoms with van der Waals surface area (Å²) in [5, 5.41) is 21.8. The Balaban J connectivity index is 2.94. The third kappa shape index (κ3) is 4.35. The van der Waals surface area contributed by atoms with Crippen molar-refractivity contribution in [3.8, 4) is 5.75 Å². The van der Waals surface area contributed by atoms with Crippen LogP contribution < -0.4 is 10.1 Å². The molecule has 7 heteroatoms. The highest BCUT2D eigenvalue weighted by atomic mass is 35.5. The Hall–Kier alpha value is -1.79. The lowest BCUT2D eigenvalue weighted by Crippen LogP contribution is -2.50. The van der Waals surface area contributed by atoms with Crippen molar-refractivity contribution >= 4 is 23.5 Å². The van der Waals surface area contributed by atoms with Gasteiger partial charge < -0.3 is 20.3 Å². The van der Waals surface area contributed by atoms with Crippen LogP contribution in [0.2, 0.25) is 0 Å². The first kappa shape index (κ1) is 18.3. The largest absolute Gasteiger partial charge is 0.497 e. The molecule has 1 aromatic carbocycles. The molecule has 0 spiro atoms. The summed E-state index contributed by atoms with van der Waals surface area (Å²) in [5.74, 6) is -1.26. The van der Waals surface area contributed by atoms with Gasteiger partial charge in [-0.2, -0.15) is 0 Å². The highest BCUT2D eigenvalue weighted by molar-refractivity contribution is 6.19. The topological polar surface area (TPSA) is 95.9 Å².